The molecule has 1 N–H and O–H groups in total. The van der Waals surface area contributed by atoms with Gasteiger partial charge in [0.05, 0.1) is 18.5 Å². The van der Waals surface area contributed by atoms with Crippen molar-refractivity contribution in [2.24, 2.45) is 0 Å². The van der Waals surface area contributed by atoms with Gasteiger partial charge in [-0.15, -0.1) is 0 Å². The van der Waals surface area contributed by atoms with Crippen molar-refractivity contribution in [3.05, 3.63) is 53.7 Å². The molecular weight excluding hydrogens is 267 g/mol. The molecule has 1 aliphatic carbocycles. The highest BCUT2D eigenvalue weighted by Gasteiger charge is 2.21. The first kappa shape index (κ1) is 14.1. The molecule has 0 amide bonds. The first-order chi connectivity index (χ1) is 10.3. The minimum Gasteiger partial charge on any atom is -0.467 e. The highest BCUT2D eigenvalue weighted by atomic mass is 19.1. The van der Waals surface area contributed by atoms with Crippen LogP contribution in [-0.4, -0.2) is 12.6 Å². The van der Waals surface area contributed by atoms with E-state index in [1.807, 2.05) is 30.0 Å². The van der Waals surface area contributed by atoms with Gasteiger partial charge in [-0.1, -0.05) is 12.1 Å². The van der Waals surface area contributed by atoms with Gasteiger partial charge in [0, 0.05) is 24.7 Å². The fourth-order valence-electron chi connectivity index (χ4n) is 2.45. The molecule has 3 nitrogen and oxygen atoms in total. The van der Waals surface area contributed by atoms with Crippen LogP contribution in [0.3, 0.4) is 0 Å². The first-order valence-corrected chi connectivity index (χ1v) is 7.56. The van der Waals surface area contributed by atoms with Gasteiger partial charge in [-0.25, -0.2) is 4.39 Å². The van der Waals surface area contributed by atoms with E-state index in [9.17, 15) is 4.39 Å². The van der Waals surface area contributed by atoms with Crippen LogP contribution >= 0.6 is 0 Å². The van der Waals surface area contributed by atoms with Crippen molar-refractivity contribution in [1.82, 2.24) is 5.32 Å². The van der Waals surface area contributed by atoms with E-state index in [0.717, 1.165) is 24.4 Å². The van der Waals surface area contributed by atoms with Crippen molar-refractivity contribution < 1.29 is 8.81 Å². The Labute approximate surface area is 124 Å². The molecule has 0 unspecified atom stereocenters. The molecule has 4 heteroatoms. The van der Waals surface area contributed by atoms with Crippen LogP contribution in [0, 0.1) is 5.82 Å². The van der Waals surface area contributed by atoms with E-state index in [1.54, 1.807) is 12.3 Å². The molecule has 1 aromatic carbocycles. The maximum absolute atomic E-state index is 13.9. The van der Waals surface area contributed by atoms with E-state index in [1.165, 1.54) is 18.9 Å². The van der Waals surface area contributed by atoms with Crippen LogP contribution in [0.1, 0.15) is 31.1 Å². The molecule has 0 radical (unpaired) electrons. The average molecular weight is 288 g/mol. The number of nitrogens with one attached hydrogen (secondary N) is 1. The van der Waals surface area contributed by atoms with Gasteiger partial charge in [0.2, 0.25) is 0 Å². The Bertz CT molecular complexity index is 592. The Morgan fingerprint density at radius 3 is 2.81 bits per heavy atom. The molecule has 1 aromatic heterocycles. The second-order valence-electron chi connectivity index (χ2n) is 5.49. The lowest BCUT2D eigenvalue weighted by Gasteiger charge is -2.23. The lowest BCUT2D eigenvalue weighted by atomic mass is 10.2. The zero-order valence-electron chi connectivity index (χ0n) is 12.3. The molecule has 21 heavy (non-hydrogen) atoms. The summed E-state index contributed by atoms with van der Waals surface area (Å²) < 4.78 is 19.5. The highest BCUT2D eigenvalue weighted by Crippen LogP contribution is 2.24. The summed E-state index contributed by atoms with van der Waals surface area (Å²) in [5, 5.41) is 3.49. The second-order valence-corrected chi connectivity index (χ2v) is 5.49. The van der Waals surface area contributed by atoms with Gasteiger partial charge in [0.25, 0.3) is 0 Å². The molecule has 1 aliphatic rings. The van der Waals surface area contributed by atoms with Gasteiger partial charge in [-0.2, -0.15) is 0 Å². The molecule has 0 spiro atoms. The van der Waals surface area contributed by atoms with Gasteiger partial charge < -0.3 is 14.6 Å². The monoisotopic (exact) mass is 288 g/mol. The molecule has 0 saturated heterocycles. The third-order valence-electron chi connectivity index (χ3n) is 3.91. The largest absolute Gasteiger partial charge is 0.467 e. The Morgan fingerprint density at radius 2 is 2.10 bits per heavy atom. The van der Waals surface area contributed by atoms with Crippen molar-refractivity contribution in [1.29, 1.82) is 0 Å². The Balaban J connectivity index is 1.71. The maximum atomic E-state index is 13.9. The van der Waals surface area contributed by atoms with Crippen molar-refractivity contribution in [2.45, 2.75) is 38.9 Å². The van der Waals surface area contributed by atoms with Crippen LogP contribution in [0.15, 0.2) is 41.0 Å². The number of halogens is 1. The van der Waals surface area contributed by atoms with E-state index < -0.39 is 0 Å². The van der Waals surface area contributed by atoms with Gasteiger partial charge in [0.15, 0.2) is 0 Å². The van der Waals surface area contributed by atoms with Gasteiger partial charge in [-0.05, 0) is 38.0 Å². The average Bonchev–Trinajstić information content (AvgIpc) is 3.23. The standard InChI is InChI=1S/C17H21FN2O/c1-2-20(16-6-4-3-5-15(16)18)12-17-13(9-10-21-17)11-19-14-7-8-14/h3-6,9-10,14,19H,2,7-8,11-12H2,1H3. The summed E-state index contributed by atoms with van der Waals surface area (Å²) in [6, 6.07) is 9.55. The molecule has 1 heterocycles. The fraction of sp³-hybridized carbons (Fsp3) is 0.412. The second kappa shape index (κ2) is 6.31. The summed E-state index contributed by atoms with van der Waals surface area (Å²) in [6.07, 6.45) is 4.25. The summed E-state index contributed by atoms with van der Waals surface area (Å²) in [5.41, 5.74) is 1.79. The number of hydrogen-bond donors (Lipinski definition) is 1. The van der Waals surface area contributed by atoms with Crippen LogP contribution in [0.4, 0.5) is 10.1 Å². The van der Waals surface area contributed by atoms with E-state index >= 15 is 0 Å². The van der Waals surface area contributed by atoms with Crippen molar-refractivity contribution >= 4 is 5.69 Å². The van der Waals surface area contributed by atoms with Gasteiger partial charge in [-0.3, -0.25) is 0 Å². The fourth-order valence-corrected chi connectivity index (χ4v) is 2.45. The number of anilines is 1. The lowest BCUT2D eigenvalue weighted by molar-refractivity contribution is 0.493. The summed E-state index contributed by atoms with van der Waals surface area (Å²) >= 11 is 0. The van der Waals surface area contributed by atoms with Crippen molar-refractivity contribution in [2.75, 3.05) is 11.4 Å². The van der Waals surface area contributed by atoms with E-state index in [2.05, 4.69) is 5.32 Å². The summed E-state index contributed by atoms with van der Waals surface area (Å²) in [7, 11) is 0. The number of nitrogens with zero attached hydrogens (tertiary/aromatic N) is 1. The third kappa shape index (κ3) is 3.45. The smallest absolute Gasteiger partial charge is 0.146 e. The normalized spacial score (nSPS) is 14.4. The zero-order chi connectivity index (χ0) is 14.7. The first-order valence-electron chi connectivity index (χ1n) is 7.56. The quantitative estimate of drug-likeness (QED) is 0.842. The number of benzene rings is 1. The molecule has 0 aliphatic heterocycles. The molecule has 112 valence electrons. The molecular formula is C17H21FN2O. The number of rotatable bonds is 7. The molecule has 1 saturated carbocycles. The molecule has 1 fully saturated rings. The predicted octanol–water partition coefficient (Wildman–Crippen LogP) is 3.70. The van der Waals surface area contributed by atoms with Crippen LogP contribution < -0.4 is 10.2 Å². The van der Waals surface area contributed by atoms with Crippen molar-refractivity contribution in [3.8, 4) is 0 Å². The molecule has 0 bridgehead atoms. The summed E-state index contributed by atoms with van der Waals surface area (Å²) in [5.74, 6) is 0.719. The highest BCUT2D eigenvalue weighted by molar-refractivity contribution is 5.47. The number of para-hydroxylation sites is 1. The predicted molar refractivity (Wildman–Crippen MR) is 81.7 cm³/mol. The summed E-state index contributed by atoms with van der Waals surface area (Å²) in [6.45, 7) is 4.17. The van der Waals surface area contributed by atoms with Gasteiger partial charge >= 0.3 is 0 Å². The Morgan fingerprint density at radius 1 is 1.29 bits per heavy atom. The van der Waals surface area contributed by atoms with E-state index in [0.29, 0.717) is 18.3 Å². The minimum absolute atomic E-state index is 0.191. The minimum atomic E-state index is -0.191. The topological polar surface area (TPSA) is 28.4 Å². The van der Waals surface area contributed by atoms with Crippen LogP contribution in [0.2, 0.25) is 0 Å². The van der Waals surface area contributed by atoms with Gasteiger partial charge in [0.1, 0.15) is 11.6 Å². The van der Waals surface area contributed by atoms with Crippen molar-refractivity contribution in [3.63, 3.8) is 0 Å². The lowest BCUT2D eigenvalue weighted by Crippen LogP contribution is -2.24. The van der Waals surface area contributed by atoms with Crippen LogP contribution in [0.25, 0.3) is 0 Å². The van der Waals surface area contributed by atoms with Crippen LogP contribution in [0.5, 0.6) is 0 Å². The third-order valence-corrected chi connectivity index (χ3v) is 3.91. The van der Waals surface area contributed by atoms with Crippen LogP contribution in [-0.2, 0) is 13.1 Å². The summed E-state index contributed by atoms with van der Waals surface area (Å²) in [4.78, 5) is 1.99. The number of hydrogen-bond acceptors (Lipinski definition) is 3. The molecule has 2 aromatic rings. The zero-order valence-corrected chi connectivity index (χ0v) is 12.3. The molecule has 0 atom stereocenters. The maximum Gasteiger partial charge on any atom is 0.146 e. The molecule has 3 rings (SSSR count). The SMILES string of the molecule is CCN(Cc1occc1CNC1CC1)c1ccccc1F. The Kier molecular flexibility index (Phi) is 4.25. The van der Waals surface area contributed by atoms with E-state index in [4.69, 9.17) is 4.42 Å². The number of furan rings is 1. The van der Waals surface area contributed by atoms with E-state index in [-0.39, 0.29) is 5.82 Å². The Hall–Kier alpha value is -1.81.